The van der Waals surface area contributed by atoms with E-state index in [0.717, 1.165) is 41.6 Å². The molecule has 3 heterocycles. The molecule has 0 radical (unpaired) electrons. The Bertz CT molecular complexity index is 1700. The van der Waals surface area contributed by atoms with E-state index in [-0.39, 0.29) is 0 Å². The summed E-state index contributed by atoms with van der Waals surface area (Å²) in [5.41, 5.74) is 3.85. The van der Waals surface area contributed by atoms with Crippen molar-refractivity contribution in [3.8, 4) is 34.2 Å². The molecule has 2 aromatic carbocycles. The maximum Gasteiger partial charge on any atom is 0.408 e. The number of carbonyl (C=O) groups excluding carboxylic acids is 1. The molecule has 1 aliphatic carbocycles. The van der Waals surface area contributed by atoms with Crippen molar-refractivity contribution in [1.29, 1.82) is 0 Å². The molecule has 9 heteroatoms. The second-order valence-corrected chi connectivity index (χ2v) is 11.2. The number of hydrogen-bond donors (Lipinski definition) is 1. The van der Waals surface area contributed by atoms with Crippen LogP contribution >= 0.6 is 0 Å². The van der Waals surface area contributed by atoms with Crippen LogP contribution in [0.2, 0.25) is 0 Å². The molecule has 41 heavy (non-hydrogen) atoms. The lowest BCUT2D eigenvalue weighted by atomic mass is 9.72. The third-order valence-electron chi connectivity index (χ3n) is 7.30. The highest BCUT2D eigenvalue weighted by molar-refractivity contribution is 5.82. The Morgan fingerprint density at radius 3 is 2.39 bits per heavy atom. The Labute approximate surface area is 238 Å². The van der Waals surface area contributed by atoms with Gasteiger partial charge < -0.3 is 14.8 Å². The van der Waals surface area contributed by atoms with Crippen LogP contribution < -0.4 is 10.1 Å². The zero-order chi connectivity index (χ0) is 28.6. The first-order chi connectivity index (χ1) is 19.8. The molecule has 1 aliphatic rings. The molecule has 9 nitrogen and oxygen atoms in total. The number of ether oxygens (including phenoxy) is 2. The van der Waals surface area contributed by atoms with Gasteiger partial charge in [0, 0.05) is 23.6 Å². The molecule has 0 atom stereocenters. The molecule has 0 unspecified atom stereocenters. The highest BCUT2D eigenvalue weighted by Gasteiger charge is 2.41. The number of pyridine rings is 1. The second-order valence-electron chi connectivity index (χ2n) is 11.2. The van der Waals surface area contributed by atoms with E-state index in [1.165, 1.54) is 0 Å². The third-order valence-corrected chi connectivity index (χ3v) is 7.30. The van der Waals surface area contributed by atoms with Crippen LogP contribution in [0.5, 0.6) is 5.75 Å². The van der Waals surface area contributed by atoms with Gasteiger partial charge in [-0.2, -0.15) is 0 Å². The summed E-state index contributed by atoms with van der Waals surface area (Å²) in [5, 5.41) is 3.14. The van der Waals surface area contributed by atoms with E-state index >= 15 is 0 Å². The molecule has 0 aliphatic heterocycles. The van der Waals surface area contributed by atoms with Crippen LogP contribution in [0.15, 0.2) is 79.3 Å². The number of hydrogen-bond acceptors (Lipinski definition) is 7. The van der Waals surface area contributed by atoms with Gasteiger partial charge in [0.05, 0.1) is 24.4 Å². The van der Waals surface area contributed by atoms with Gasteiger partial charge in [-0.05, 0) is 63.8 Å². The van der Waals surface area contributed by atoms with Crippen LogP contribution in [0.4, 0.5) is 4.79 Å². The molecule has 1 saturated carbocycles. The average molecular weight is 549 g/mol. The molecule has 5 aromatic rings. The molecular formula is C32H32N6O3. The number of alkyl carbamates (subject to hydrolysis) is 1. The van der Waals surface area contributed by atoms with Crippen molar-refractivity contribution in [2.45, 2.75) is 51.2 Å². The lowest BCUT2D eigenvalue weighted by Crippen LogP contribution is -2.52. The zero-order valence-corrected chi connectivity index (χ0v) is 23.6. The predicted octanol–water partition coefficient (Wildman–Crippen LogP) is 6.46. The van der Waals surface area contributed by atoms with E-state index in [1.807, 2.05) is 73.9 Å². The maximum atomic E-state index is 12.7. The van der Waals surface area contributed by atoms with E-state index in [0.29, 0.717) is 28.6 Å². The third kappa shape index (κ3) is 5.11. The summed E-state index contributed by atoms with van der Waals surface area (Å²) in [6.45, 7) is 5.60. The Kier molecular flexibility index (Phi) is 6.65. The van der Waals surface area contributed by atoms with Crippen molar-refractivity contribution in [2.24, 2.45) is 0 Å². The first kappa shape index (κ1) is 26.4. The number of fused-ring (bicyclic) bond motifs is 1. The van der Waals surface area contributed by atoms with E-state index in [2.05, 4.69) is 27.4 Å². The molecule has 0 spiro atoms. The minimum Gasteiger partial charge on any atom is -0.496 e. The number of nitrogens with one attached hydrogen (secondary N) is 1. The van der Waals surface area contributed by atoms with Gasteiger partial charge in [0.15, 0.2) is 17.3 Å². The number of benzene rings is 2. The topological polar surface area (TPSA) is 104 Å². The van der Waals surface area contributed by atoms with E-state index in [9.17, 15) is 4.79 Å². The van der Waals surface area contributed by atoms with Crippen LogP contribution in [0, 0.1) is 0 Å². The normalized spacial score (nSPS) is 14.3. The summed E-state index contributed by atoms with van der Waals surface area (Å²) in [7, 11) is 1.63. The van der Waals surface area contributed by atoms with E-state index in [1.54, 1.807) is 25.7 Å². The van der Waals surface area contributed by atoms with Crippen LogP contribution in [-0.2, 0) is 10.3 Å². The predicted molar refractivity (Wildman–Crippen MR) is 157 cm³/mol. The smallest absolute Gasteiger partial charge is 0.408 e. The van der Waals surface area contributed by atoms with Crippen molar-refractivity contribution < 1.29 is 14.3 Å². The molecule has 6 rings (SSSR count). The fraction of sp³-hybridized carbons (Fsp3) is 0.281. The largest absolute Gasteiger partial charge is 0.496 e. The molecule has 1 N–H and O–H groups in total. The standard InChI is InChI=1S/C32H32N6O3/c1-31(2,3)41-30(39)37-32(16-8-17-32)22-11-13-23(14-12-22)38-28(24-19-33-18-15-26(24)40-4)35-25-20-34-27(36-29(25)38)21-9-6-5-7-10-21/h5-7,9-15,18-20H,8,16-17H2,1-4H3,(H,37,39). The summed E-state index contributed by atoms with van der Waals surface area (Å²) in [4.78, 5) is 31.5. The fourth-order valence-electron chi connectivity index (χ4n) is 5.20. The van der Waals surface area contributed by atoms with Gasteiger partial charge in [-0.15, -0.1) is 0 Å². The zero-order valence-electron chi connectivity index (χ0n) is 23.6. The number of rotatable bonds is 6. The van der Waals surface area contributed by atoms with E-state index < -0.39 is 17.2 Å². The van der Waals surface area contributed by atoms with Crippen molar-refractivity contribution in [3.05, 3.63) is 84.8 Å². The Balaban J connectivity index is 1.45. The molecule has 1 fully saturated rings. The Morgan fingerprint density at radius 2 is 1.73 bits per heavy atom. The number of imidazole rings is 1. The van der Waals surface area contributed by atoms with Crippen LogP contribution in [-0.4, -0.2) is 43.3 Å². The molecule has 1 amide bonds. The fourth-order valence-corrected chi connectivity index (χ4v) is 5.20. The number of carbonyl (C=O) groups is 1. The molecule has 0 saturated heterocycles. The second kappa shape index (κ2) is 10.3. The summed E-state index contributed by atoms with van der Waals surface area (Å²) in [6.07, 6.45) is 7.51. The summed E-state index contributed by atoms with van der Waals surface area (Å²) >= 11 is 0. The first-order valence-corrected chi connectivity index (χ1v) is 13.7. The highest BCUT2D eigenvalue weighted by Crippen LogP contribution is 2.42. The van der Waals surface area contributed by atoms with Crippen molar-refractivity contribution in [3.63, 3.8) is 0 Å². The van der Waals surface area contributed by atoms with Crippen molar-refractivity contribution in [2.75, 3.05) is 7.11 Å². The average Bonchev–Trinajstić information content (AvgIpc) is 3.33. The van der Waals surface area contributed by atoms with Gasteiger partial charge in [0.2, 0.25) is 0 Å². The SMILES string of the molecule is COc1ccncc1-c1nc2cnc(-c3ccccc3)nc2n1-c1ccc(C2(NC(=O)OC(C)(C)C)CCC2)cc1. The minimum atomic E-state index is -0.564. The van der Waals surface area contributed by atoms with Crippen LogP contribution in [0.1, 0.15) is 45.6 Å². The molecule has 0 bridgehead atoms. The minimum absolute atomic E-state index is 0.405. The Hall–Kier alpha value is -4.79. The quantitative estimate of drug-likeness (QED) is 0.260. The molecular weight excluding hydrogens is 516 g/mol. The molecule has 3 aromatic heterocycles. The van der Waals surface area contributed by atoms with Crippen LogP contribution in [0.25, 0.3) is 39.6 Å². The summed E-state index contributed by atoms with van der Waals surface area (Å²) < 4.78 is 13.2. The summed E-state index contributed by atoms with van der Waals surface area (Å²) in [5.74, 6) is 1.90. The lowest BCUT2D eigenvalue weighted by Gasteiger charge is -2.43. The Morgan fingerprint density at radius 1 is 0.976 bits per heavy atom. The number of aromatic nitrogens is 5. The lowest BCUT2D eigenvalue weighted by molar-refractivity contribution is 0.0377. The van der Waals surface area contributed by atoms with Crippen LogP contribution in [0.3, 0.4) is 0 Å². The highest BCUT2D eigenvalue weighted by atomic mass is 16.6. The molecule has 208 valence electrons. The van der Waals surface area contributed by atoms with Gasteiger partial charge in [-0.25, -0.2) is 19.7 Å². The van der Waals surface area contributed by atoms with E-state index in [4.69, 9.17) is 19.4 Å². The van der Waals surface area contributed by atoms with Gasteiger partial charge in [-0.3, -0.25) is 9.55 Å². The van der Waals surface area contributed by atoms with Crippen molar-refractivity contribution >= 4 is 17.3 Å². The van der Waals surface area contributed by atoms with Gasteiger partial charge in [-0.1, -0.05) is 42.5 Å². The summed E-state index contributed by atoms with van der Waals surface area (Å²) in [6, 6.07) is 19.9. The van der Waals surface area contributed by atoms with Gasteiger partial charge in [0.25, 0.3) is 0 Å². The number of amides is 1. The van der Waals surface area contributed by atoms with Gasteiger partial charge >= 0.3 is 6.09 Å². The number of nitrogens with zero attached hydrogens (tertiary/aromatic N) is 5. The number of methoxy groups -OCH3 is 1. The maximum absolute atomic E-state index is 12.7. The van der Waals surface area contributed by atoms with Crippen molar-refractivity contribution in [1.82, 2.24) is 29.8 Å². The van der Waals surface area contributed by atoms with Gasteiger partial charge in [0.1, 0.15) is 16.9 Å². The monoisotopic (exact) mass is 548 g/mol. The first-order valence-electron chi connectivity index (χ1n) is 13.7.